The van der Waals surface area contributed by atoms with Gasteiger partial charge in [0.15, 0.2) is 0 Å². The topological polar surface area (TPSA) is 46.4 Å². The van der Waals surface area contributed by atoms with Crippen LogP contribution in [-0.2, 0) is 6.18 Å². The van der Waals surface area contributed by atoms with E-state index in [1.807, 2.05) is 6.07 Å². The highest BCUT2D eigenvalue weighted by Crippen LogP contribution is 2.29. The van der Waals surface area contributed by atoms with E-state index in [9.17, 15) is 18.0 Å². The molecule has 1 amide bonds. The molecule has 0 spiro atoms. The SMILES string of the molecule is Cc1nc2ccccn2c1C(=O)NCC#Cc1cccc(C(F)(F)F)c1. The van der Waals surface area contributed by atoms with Crippen molar-refractivity contribution in [1.82, 2.24) is 14.7 Å². The first-order valence-corrected chi connectivity index (χ1v) is 7.74. The summed E-state index contributed by atoms with van der Waals surface area (Å²) < 4.78 is 39.7. The predicted octanol–water partition coefficient (Wildman–Crippen LogP) is 3.44. The fourth-order valence-electron chi connectivity index (χ4n) is 2.51. The molecule has 1 N–H and O–H groups in total. The average Bonchev–Trinajstić information content (AvgIpc) is 2.94. The molecule has 26 heavy (non-hydrogen) atoms. The largest absolute Gasteiger partial charge is 0.416 e. The fraction of sp³-hybridized carbons (Fsp3) is 0.158. The first-order chi connectivity index (χ1) is 12.4. The maximum absolute atomic E-state index is 12.7. The van der Waals surface area contributed by atoms with Crippen molar-refractivity contribution < 1.29 is 18.0 Å². The summed E-state index contributed by atoms with van der Waals surface area (Å²) in [5, 5.41) is 2.64. The standard InChI is InChI=1S/C19H14F3N3O/c1-13-17(25-11-3-2-9-16(25)24-13)18(26)23-10-5-7-14-6-4-8-15(12-14)19(20,21)22/h2-4,6,8-9,11-12H,10H2,1H3,(H,23,26). The van der Waals surface area contributed by atoms with E-state index in [1.165, 1.54) is 12.1 Å². The highest BCUT2D eigenvalue weighted by molar-refractivity contribution is 5.94. The minimum atomic E-state index is -4.41. The number of amides is 1. The van der Waals surface area contributed by atoms with E-state index in [2.05, 4.69) is 22.1 Å². The van der Waals surface area contributed by atoms with Crippen molar-refractivity contribution in [3.8, 4) is 11.8 Å². The number of aromatic nitrogens is 2. The van der Waals surface area contributed by atoms with E-state index >= 15 is 0 Å². The van der Waals surface area contributed by atoms with Crippen LogP contribution in [0.4, 0.5) is 13.2 Å². The van der Waals surface area contributed by atoms with Gasteiger partial charge in [-0.1, -0.05) is 24.0 Å². The maximum atomic E-state index is 12.7. The van der Waals surface area contributed by atoms with Crippen molar-refractivity contribution in [3.63, 3.8) is 0 Å². The van der Waals surface area contributed by atoms with Crippen LogP contribution in [0.1, 0.15) is 27.3 Å². The van der Waals surface area contributed by atoms with E-state index in [-0.39, 0.29) is 18.0 Å². The minimum absolute atomic E-state index is 0.00852. The first-order valence-electron chi connectivity index (χ1n) is 7.74. The molecule has 0 aliphatic rings. The Bertz CT molecular complexity index is 1030. The number of benzene rings is 1. The summed E-state index contributed by atoms with van der Waals surface area (Å²) in [5.74, 6) is 4.94. The molecular formula is C19H14F3N3O. The van der Waals surface area contributed by atoms with E-state index in [1.54, 1.807) is 29.7 Å². The molecule has 0 saturated heterocycles. The molecule has 1 aromatic carbocycles. The molecule has 3 rings (SSSR count). The van der Waals surface area contributed by atoms with Crippen LogP contribution in [0, 0.1) is 18.8 Å². The minimum Gasteiger partial charge on any atom is -0.340 e. The number of fused-ring (bicyclic) bond motifs is 1. The van der Waals surface area contributed by atoms with E-state index in [0.29, 0.717) is 17.0 Å². The molecule has 0 aliphatic heterocycles. The number of pyridine rings is 1. The van der Waals surface area contributed by atoms with Crippen LogP contribution in [0.15, 0.2) is 48.7 Å². The van der Waals surface area contributed by atoms with Crippen molar-refractivity contribution in [2.45, 2.75) is 13.1 Å². The number of alkyl halides is 3. The molecule has 132 valence electrons. The molecule has 7 heteroatoms. The van der Waals surface area contributed by atoms with Gasteiger partial charge in [-0.05, 0) is 37.3 Å². The second kappa shape index (κ2) is 6.92. The van der Waals surface area contributed by atoms with Gasteiger partial charge in [-0.25, -0.2) is 4.98 Å². The number of nitrogens with zero attached hydrogens (tertiary/aromatic N) is 2. The van der Waals surface area contributed by atoms with Crippen LogP contribution >= 0.6 is 0 Å². The summed E-state index contributed by atoms with van der Waals surface area (Å²) in [6.07, 6.45) is -2.68. The quantitative estimate of drug-likeness (QED) is 0.714. The van der Waals surface area contributed by atoms with Gasteiger partial charge in [0.1, 0.15) is 11.3 Å². The molecule has 0 aliphatic carbocycles. The van der Waals surface area contributed by atoms with Gasteiger partial charge in [0, 0.05) is 11.8 Å². The number of halogens is 3. The monoisotopic (exact) mass is 357 g/mol. The summed E-state index contributed by atoms with van der Waals surface area (Å²) in [7, 11) is 0. The predicted molar refractivity (Wildman–Crippen MR) is 90.6 cm³/mol. The van der Waals surface area contributed by atoms with Gasteiger partial charge in [-0.3, -0.25) is 9.20 Å². The van der Waals surface area contributed by atoms with Crippen LogP contribution in [0.25, 0.3) is 5.65 Å². The van der Waals surface area contributed by atoms with Gasteiger partial charge in [-0.2, -0.15) is 13.2 Å². The molecule has 4 nitrogen and oxygen atoms in total. The van der Waals surface area contributed by atoms with Crippen LogP contribution < -0.4 is 5.32 Å². The van der Waals surface area contributed by atoms with Crippen molar-refractivity contribution >= 4 is 11.6 Å². The Hall–Kier alpha value is -3.27. The molecule has 3 aromatic rings. The number of carbonyl (C=O) groups excluding carboxylic acids is 1. The lowest BCUT2D eigenvalue weighted by Crippen LogP contribution is -2.25. The molecule has 0 fully saturated rings. The van der Waals surface area contributed by atoms with Gasteiger partial charge in [0.25, 0.3) is 5.91 Å². The molecule has 0 unspecified atom stereocenters. The summed E-state index contributed by atoms with van der Waals surface area (Å²) in [4.78, 5) is 16.7. The third-order valence-electron chi connectivity index (χ3n) is 3.68. The summed E-state index contributed by atoms with van der Waals surface area (Å²) in [5.41, 5.74) is 1.13. The van der Waals surface area contributed by atoms with Crippen molar-refractivity contribution in [2.75, 3.05) is 6.54 Å². The molecule has 2 heterocycles. The number of hydrogen-bond donors (Lipinski definition) is 1. The average molecular weight is 357 g/mol. The van der Waals surface area contributed by atoms with Gasteiger partial charge in [-0.15, -0.1) is 0 Å². The second-order valence-corrected chi connectivity index (χ2v) is 5.54. The van der Waals surface area contributed by atoms with E-state index < -0.39 is 11.7 Å². The zero-order valence-corrected chi connectivity index (χ0v) is 13.8. The number of rotatable bonds is 2. The van der Waals surface area contributed by atoms with Crippen molar-refractivity contribution in [2.24, 2.45) is 0 Å². The van der Waals surface area contributed by atoms with Crippen LogP contribution in [0.3, 0.4) is 0 Å². The van der Waals surface area contributed by atoms with Crippen LogP contribution in [0.5, 0.6) is 0 Å². The Morgan fingerprint density at radius 3 is 2.81 bits per heavy atom. The zero-order chi connectivity index (χ0) is 18.7. The third kappa shape index (κ3) is 3.70. The van der Waals surface area contributed by atoms with Crippen molar-refractivity contribution in [1.29, 1.82) is 0 Å². The smallest absolute Gasteiger partial charge is 0.340 e. The Kier molecular flexibility index (Phi) is 4.67. The Labute approximate surface area is 147 Å². The summed E-state index contributed by atoms with van der Waals surface area (Å²) in [6, 6.07) is 10.1. The molecule has 2 aromatic heterocycles. The lowest BCUT2D eigenvalue weighted by molar-refractivity contribution is -0.137. The molecular weight excluding hydrogens is 343 g/mol. The highest BCUT2D eigenvalue weighted by atomic mass is 19.4. The number of hydrogen-bond acceptors (Lipinski definition) is 2. The Morgan fingerprint density at radius 1 is 1.23 bits per heavy atom. The number of imidazole rings is 1. The molecule has 0 saturated carbocycles. The Morgan fingerprint density at radius 2 is 2.04 bits per heavy atom. The molecule has 0 radical (unpaired) electrons. The second-order valence-electron chi connectivity index (χ2n) is 5.54. The third-order valence-corrected chi connectivity index (χ3v) is 3.68. The van der Waals surface area contributed by atoms with Gasteiger partial charge in [0.2, 0.25) is 0 Å². The summed E-state index contributed by atoms with van der Waals surface area (Å²) in [6.45, 7) is 1.74. The van der Waals surface area contributed by atoms with Gasteiger partial charge >= 0.3 is 6.18 Å². The first kappa shape index (κ1) is 17.5. The molecule has 0 atom stereocenters. The van der Waals surface area contributed by atoms with Crippen molar-refractivity contribution in [3.05, 3.63) is 71.2 Å². The zero-order valence-electron chi connectivity index (χ0n) is 13.8. The van der Waals surface area contributed by atoms with E-state index in [4.69, 9.17) is 0 Å². The van der Waals surface area contributed by atoms with Crippen LogP contribution in [0.2, 0.25) is 0 Å². The fourth-order valence-corrected chi connectivity index (χ4v) is 2.51. The van der Waals surface area contributed by atoms with E-state index in [0.717, 1.165) is 12.1 Å². The Balaban J connectivity index is 1.70. The summed E-state index contributed by atoms with van der Waals surface area (Å²) >= 11 is 0. The highest BCUT2D eigenvalue weighted by Gasteiger charge is 2.30. The van der Waals surface area contributed by atoms with Gasteiger partial charge in [0.05, 0.1) is 17.8 Å². The number of carbonyl (C=O) groups is 1. The van der Waals surface area contributed by atoms with Gasteiger partial charge < -0.3 is 5.32 Å². The lowest BCUT2D eigenvalue weighted by atomic mass is 10.1. The normalized spacial score (nSPS) is 11.1. The maximum Gasteiger partial charge on any atom is 0.416 e. The number of aryl methyl sites for hydroxylation is 1. The number of nitrogens with one attached hydrogen (secondary N) is 1. The molecule has 0 bridgehead atoms. The lowest BCUT2D eigenvalue weighted by Gasteiger charge is -2.05. The van der Waals surface area contributed by atoms with Crippen LogP contribution in [-0.4, -0.2) is 21.8 Å².